The molecule has 0 saturated carbocycles. The predicted molar refractivity (Wildman–Crippen MR) is 69.3 cm³/mol. The SMILES string of the molecule is CCC(=O)NC(=S)Nc1cc(OC)ccc1O. The number of phenols is 1. The van der Waals surface area contributed by atoms with Crippen molar-refractivity contribution in [2.75, 3.05) is 12.4 Å². The van der Waals surface area contributed by atoms with Crippen LogP contribution >= 0.6 is 12.2 Å². The monoisotopic (exact) mass is 254 g/mol. The number of nitrogens with one attached hydrogen (secondary N) is 2. The maximum absolute atomic E-state index is 11.1. The first-order valence-corrected chi connectivity index (χ1v) is 5.45. The van der Waals surface area contributed by atoms with E-state index in [-0.39, 0.29) is 16.8 Å². The van der Waals surface area contributed by atoms with E-state index in [1.165, 1.54) is 13.2 Å². The molecule has 0 aliphatic heterocycles. The number of hydrogen-bond donors (Lipinski definition) is 3. The Labute approximate surface area is 105 Å². The number of methoxy groups -OCH3 is 1. The van der Waals surface area contributed by atoms with Gasteiger partial charge in [0, 0.05) is 12.5 Å². The summed E-state index contributed by atoms with van der Waals surface area (Å²) in [5.41, 5.74) is 0.380. The molecular formula is C11H14N2O3S. The zero-order chi connectivity index (χ0) is 12.8. The number of phenolic OH excluding ortho intramolecular Hbond substituents is 1. The zero-order valence-corrected chi connectivity index (χ0v) is 10.4. The second-order valence-corrected chi connectivity index (χ2v) is 3.65. The van der Waals surface area contributed by atoms with Gasteiger partial charge in [0.15, 0.2) is 5.11 Å². The number of thiocarbonyl (C=S) groups is 1. The van der Waals surface area contributed by atoms with Crippen molar-refractivity contribution >= 4 is 28.9 Å². The summed E-state index contributed by atoms with van der Waals surface area (Å²) < 4.78 is 5.01. The molecule has 1 rings (SSSR count). The number of ether oxygens (including phenoxy) is 1. The van der Waals surface area contributed by atoms with Gasteiger partial charge in [-0.3, -0.25) is 4.79 Å². The smallest absolute Gasteiger partial charge is 0.225 e. The lowest BCUT2D eigenvalue weighted by molar-refractivity contribution is -0.119. The minimum absolute atomic E-state index is 0.0268. The molecule has 1 aromatic carbocycles. The average molecular weight is 254 g/mol. The van der Waals surface area contributed by atoms with Crippen LogP contribution in [0.5, 0.6) is 11.5 Å². The van der Waals surface area contributed by atoms with Crippen molar-refractivity contribution in [1.82, 2.24) is 5.32 Å². The number of anilines is 1. The number of benzene rings is 1. The van der Waals surface area contributed by atoms with Crippen molar-refractivity contribution in [3.05, 3.63) is 18.2 Å². The van der Waals surface area contributed by atoms with Crippen molar-refractivity contribution in [3.63, 3.8) is 0 Å². The molecule has 17 heavy (non-hydrogen) atoms. The number of hydrogen-bond acceptors (Lipinski definition) is 4. The van der Waals surface area contributed by atoms with Crippen molar-refractivity contribution < 1.29 is 14.6 Å². The van der Waals surface area contributed by atoms with Crippen LogP contribution in [0.25, 0.3) is 0 Å². The molecule has 0 radical (unpaired) electrons. The Morgan fingerprint density at radius 2 is 2.24 bits per heavy atom. The normalized spacial score (nSPS) is 9.53. The summed E-state index contributed by atoms with van der Waals surface area (Å²) in [6.45, 7) is 1.72. The summed E-state index contributed by atoms with van der Waals surface area (Å²) in [7, 11) is 1.52. The molecule has 5 nitrogen and oxygen atoms in total. The van der Waals surface area contributed by atoms with Crippen LogP contribution in [0.1, 0.15) is 13.3 Å². The lowest BCUT2D eigenvalue weighted by atomic mass is 10.3. The van der Waals surface area contributed by atoms with Gasteiger partial charge in [0.1, 0.15) is 11.5 Å². The van der Waals surface area contributed by atoms with Crippen LogP contribution in [0.3, 0.4) is 0 Å². The van der Waals surface area contributed by atoms with Crippen LogP contribution in [0.2, 0.25) is 0 Å². The van der Waals surface area contributed by atoms with E-state index in [0.717, 1.165) is 0 Å². The lowest BCUT2D eigenvalue weighted by Gasteiger charge is -2.11. The van der Waals surface area contributed by atoms with Crippen LogP contribution in [0.4, 0.5) is 5.69 Å². The van der Waals surface area contributed by atoms with E-state index in [0.29, 0.717) is 17.9 Å². The summed E-state index contributed by atoms with van der Waals surface area (Å²) in [4.78, 5) is 11.1. The minimum atomic E-state index is -0.190. The molecule has 1 aromatic rings. The molecule has 92 valence electrons. The summed E-state index contributed by atoms with van der Waals surface area (Å²) >= 11 is 4.92. The topological polar surface area (TPSA) is 70.6 Å². The highest BCUT2D eigenvalue weighted by molar-refractivity contribution is 7.80. The van der Waals surface area contributed by atoms with Gasteiger partial charge in [-0.15, -0.1) is 0 Å². The van der Waals surface area contributed by atoms with Crippen molar-refractivity contribution in [1.29, 1.82) is 0 Å². The molecule has 0 spiro atoms. The highest BCUT2D eigenvalue weighted by atomic mass is 32.1. The first-order valence-electron chi connectivity index (χ1n) is 5.04. The molecule has 0 fully saturated rings. The van der Waals surface area contributed by atoms with E-state index in [9.17, 15) is 9.90 Å². The van der Waals surface area contributed by atoms with Gasteiger partial charge in [-0.1, -0.05) is 6.92 Å². The van der Waals surface area contributed by atoms with Gasteiger partial charge in [0.05, 0.1) is 12.8 Å². The summed E-state index contributed by atoms with van der Waals surface area (Å²) in [5.74, 6) is 0.415. The van der Waals surface area contributed by atoms with Crippen molar-refractivity contribution in [2.24, 2.45) is 0 Å². The van der Waals surface area contributed by atoms with E-state index < -0.39 is 0 Å². The number of aromatic hydroxyl groups is 1. The van der Waals surface area contributed by atoms with Crippen molar-refractivity contribution in [3.8, 4) is 11.5 Å². The molecule has 0 aliphatic rings. The summed E-state index contributed by atoms with van der Waals surface area (Å²) in [5, 5.41) is 14.9. The Bertz CT molecular complexity index is 435. The van der Waals surface area contributed by atoms with Gasteiger partial charge in [-0.25, -0.2) is 0 Å². The first-order chi connectivity index (χ1) is 8.06. The van der Waals surface area contributed by atoms with Gasteiger partial charge >= 0.3 is 0 Å². The fraction of sp³-hybridized carbons (Fsp3) is 0.273. The summed E-state index contributed by atoms with van der Waals surface area (Å²) in [6.07, 6.45) is 0.339. The number of rotatable bonds is 3. The van der Waals surface area contributed by atoms with Crippen LogP contribution in [0, 0.1) is 0 Å². The van der Waals surface area contributed by atoms with E-state index in [1.807, 2.05) is 0 Å². The van der Waals surface area contributed by atoms with Crippen LogP contribution in [0.15, 0.2) is 18.2 Å². The van der Waals surface area contributed by atoms with Crippen LogP contribution in [-0.2, 0) is 4.79 Å². The third kappa shape index (κ3) is 3.92. The second kappa shape index (κ2) is 6.05. The molecule has 1 amide bonds. The number of carbonyl (C=O) groups is 1. The third-order valence-corrected chi connectivity index (χ3v) is 2.23. The molecular weight excluding hydrogens is 240 g/mol. The highest BCUT2D eigenvalue weighted by Crippen LogP contribution is 2.27. The molecule has 0 aliphatic carbocycles. The number of carbonyl (C=O) groups excluding carboxylic acids is 1. The standard InChI is InChI=1S/C11H14N2O3S/c1-3-10(15)13-11(17)12-8-6-7(16-2)4-5-9(8)14/h4-6,14H,3H2,1-2H3,(H2,12,13,15,17). The molecule has 0 aromatic heterocycles. The first kappa shape index (κ1) is 13.2. The van der Waals surface area contributed by atoms with E-state index >= 15 is 0 Å². The van der Waals surface area contributed by atoms with Gasteiger partial charge in [-0.05, 0) is 24.4 Å². The largest absolute Gasteiger partial charge is 0.506 e. The van der Waals surface area contributed by atoms with Gasteiger partial charge in [0.2, 0.25) is 5.91 Å². The molecule has 6 heteroatoms. The quantitative estimate of drug-likeness (QED) is 0.565. The second-order valence-electron chi connectivity index (χ2n) is 3.24. The van der Waals surface area contributed by atoms with Crippen LogP contribution < -0.4 is 15.4 Å². The lowest BCUT2D eigenvalue weighted by Crippen LogP contribution is -2.33. The molecule has 3 N–H and O–H groups in total. The Morgan fingerprint density at radius 3 is 2.82 bits per heavy atom. The Morgan fingerprint density at radius 1 is 1.53 bits per heavy atom. The van der Waals surface area contributed by atoms with Gasteiger partial charge in [-0.2, -0.15) is 0 Å². The van der Waals surface area contributed by atoms with E-state index in [1.54, 1.807) is 19.1 Å². The van der Waals surface area contributed by atoms with E-state index in [2.05, 4.69) is 10.6 Å². The molecule has 0 atom stereocenters. The van der Waals surface area contributed by atoms with Gasteiger partial charge in [0.25, 0.3) is 0 Å². The zero-order valence-electron chi connectivity index (χ0n) is 9.61. The number of amides is 1. The molecule has 0 saturated heterocycles. The maximum Gasteiger partial charge on any atom is 0.225 e. The van der Waals surface area contributed by atoms with Gasteiger partial charge < -0.3 is 20.5 Å². The van der Waals surface area contributed by atoms with Crippen LogP contribution in [-0.4, -0.2) is 23.2 Å². The third-order valence-electron chi connectivity index (χ3n) is 2.03. The fourth-order valence-electron chi connectivity index (χ4n) is 1.11. The Balaban J connectivity index is 2.73. The maximum atomic E-state index is 11.1. The highest BCUT2D eigenvalue weighted by Gasteiger charge is 2.06. The average Bonchev–Trinajstić information content (AvgIpc) is 2.31. The minimum Gasteiger partial charge on any atom is -0.506 e. The molecule has 0 heterocycles. The Hall–Kier alpha value is -1.82. The summed E-state index contributed by atoms with van der Waals surface area (Å²) in [6, 6.07) is 4.68. The fourth-order valence-corrected chi connectivity index (χ4v) is 1.33. The molecule has 0 bridgehead atoms. The molecule has 0 unspecified atom stereocenters. The van der Waals surface area contributed by atoms with Crippen molar-refractivity contribution in [2.45, 2.75) is 13.3 Å². The van der Waals surface area contributed by atoms with E-state index in [4.69, 9.17) is 17.0 Å². The predicted octanol–water partition coefficient (Wildman–Crippen LogP) is 1.62. The Kier molecular flexibility index (Phi) is 4.71.